The Morgan fingerprint density at radius 3 is 2.23 bits per heavy atom. The summed E-state index contributed by atoms with van der Waals surface area (Å²) in [5.41, 5.74) is 4.52. The fourth-order valence-electron chi connectivity index (χ4n) is 3.48. The quantitative estimate of drug-likeness (QED) is 0.846. The number of amides is 1. The molecule has 0 aliphatic carbocycles. The smallest absolute Gasteiger partial charge is 0.222 e. The lowest BCUT2D eigenvalue weighted by Crippen LogP contribution is -2.49. The molecule has 1 aromatic heterocycles. The van der Waals surface area contributed by atoms with Crippen molar-refractivity contribution in [2.24, 2.45) is 0 Å². The first-order chi connectivity index (χ1) is 12.5. The molecule has 2 heterocycles. The standard InChI is InChI=1S/C21H28N4O/c1-5-18-16(4)22-20(17-9-7-15(3)8-10-17)23-21(18)25-13-11-24(12-14-25)19(26)6-2/h7-10H,5-6,11-14H2,1-4H3. The monoisotopic (exact) mass is 352 g/mol. The molecular weight excluding hydrogens is 324 g/mol. The Morgan fingerprint density at radius 2 is 1.65 bits per heavy atom. The number of piperazine rings is 1. The van der Waals surface area contributed by atoms with Crippen LogP contribution < -0.4 is 4.90 Å². The van der Waals surface area contributed by atoms with E-state index in [1.54, 1.807) is 0 Å². The van der Waals surface area contributed by atoms with Crippen LogP contribution in [-0.2, 0) is 11.2 Å². The minimum Gasteiger partial charge on any atom is -0.353 e. The van der Waals surface area contributed by atoms with Crippen molar-refractivity contribution in [1.29, 1.82) is 0 Å². The van der Waals surface area contributed by atoms with Gasteiger partial charge in [-0.05, 0) is 20.3 Å². The SMILES string of the molecule is CCC(=O)N1CCN(c2nc(-c3ccc(C)cc3)nc(C)c2CC)CC1. The molecule has 5 nitrogen and oxygen atoms in total. The number of hydrogen-bond acceptors (Lipinski definition) is 4. The van der Waals surface area contributed by atoms with E-state index in [9.17, 15) is 4.79 Å². The van der Waals surface area contributed by atoms with E-state index in [1.165, 1.54) is 11.1 Å². The fraction of sp³-hybridized carbons (Fsp3) is 0.476. The first-order valence-electron chi connectivity index (χ1n) is 9.50. The molecule has 0 saturated carbocycles. The fourth-order valence-corrected chi connectivity index (χ4v) is 3.48. The highest BCUT2D eigenvalue weighted by molar-refractivity contribution is 5.76. The molecule has 138 valence electrons. The number of aryl methyl sites for hydroxylation is 2. The predicted octanol–water partition coefficient (Wildman–Crippen LogP) is 3.38. The van der Waals surface area contributed by atoms with Crippen LogP contribution in [0.1, 0.15) is 37.1 Å². The highest BCUT2D eigenvalue weighted by Gasteiger charge is 2.24. The van der Waals surface area contributed by atoms with E-state index >= 15 is 0 Å². The summed E-state index contributed by atoms with van der Waals surface area (Å²) in [5, 5.41) is 0. The van der Waals surface area contributed by atoms with Crippen LogP contribution in [0.2, 0.25) is 0 Å². The maximum absolute atomic E-state index is 11.9. The van der Waals surface area contributed by atoms with Gasteiger partial charge in [-0.1, -0.05) is 43.7 Å². The molecule has 0 unspecified atom stereocenters. The second-order valence-electron chi connectivity index (χ2n) is 6.88. The van der Waals surface area contributed by atoms with Crippen LogP contribution >= 0.6 is 0 Å². The van der Waals surface area contributed by atoms with Gasteiger partial charge >= 0.3 is 0 Å². The lowest BCUT2D eigenvalue weighted by molar-refractivity contribution is -0.131. The van der Waals surface area contributed by atoms with Crippen molar-refractivity contribution in [3.63, 3.8) is 0 Å². The molecule has 0 bridgehead atoms. The third-order valence-corrected chi connectivity index (χ3v) is 5.09. The van der Waals surface area contributed by atoms with Gasteiger partial charge in [-0.15, -0.1) is 0 Å². The molecule has 1 fully saturated rings. The molecule has 0 N–H and O–H groups in total. The molecule has 0 spiro atoms. The number of anilines is 1. The molecule has 1 saturated heterocycles. The Balaban J connectivity index is 1.91. The van der Waals surface area contributed by atoms with E-state index in [0.29, 0.717) is 6.42 Å². The Labute approximate surface area is 156 Å². The zero-order valence-electron chi connectivity index (χ0n) is 16.2. The number of nitrogens with zero attached hydrogens (tertiary/aromatic N) is 4. The summed E-state index contributed by atoms with van der Waals surface area (Å²) in [6.45, 7) is 11.4. The second-order valence-corrected chi connectivity index (χ2v) is 6.88. The van der Waals surface area contributed by atoms with Crippen LogP contribution in [0.5, 0.6) is 0 Å². The average molecular weight is 352 g/mol. The third-order valence-electron chi connectivity index (χ3n) is 5.09. The van der Waals surface area contributed by atoms with E-state index in [-0.39, 0.29) is 5.91 Å². The Morgan fingerprint density at radius 1 is 1.00 bits per heavy atom. The summed E-state index contributed by atoms with van der Waals surface area (Å²) in [6, 6.07) is 8.35. The molecule has 0 radical (unpaired) electrons. The van der Waals surface area contributed by atoms with E-state index in [4.69, 9.17) is 9.97 Å². The minimum atomic E-state index is 0.236. The molecular formula is C21H28N4O. The number of hydrogen-bond donors (Lipinski definition) is 0. The van der Waals surface area contributed by atoms with Crippen molar-refractivity contribution in [3.8, 4) is 11.4 Å². The summed E-state index contributed by atoms with van der Waals surface area (Å²) in [4.78, 5) is 25.9. The van der Waals surface area contributed by atoms with E-state index in [0.717, 1.165) is 55.5 Å². The lowest BCUT2D eigenvalue weighted by Gasteiger charge is -2.36. The van der Waals surface area contributed by atoms with Crippen molar-refractivity contribution in [2.45, 2.75) is 40.5 Å². The van der Waals surface area contributed by atoms with Gasteiger partial charge in [0.1, 0.15) is 5.82 Å². The number of benzene rings is 1. The largest absolute Gasteiger partial charge is 0.353 e. The Hall–Kier alpha value is -2.43. The minimum absolute atomic E-state index is 0.236. The van der Waals surface area contributed by atoms with Gasteiger partial charge in [0.15, 0.2) is 5.82 Å². The van der Waals surface area contributed by atoms with Crippen molar-refractivity contribution in [1.82, 2.24) is 14.9 Å². The maximum Gasteiger partial charge on any atom is 0.222 e. The molecule has 5 heteroatoms. The van der Waals surface area contributed by atoms with Gasteiger partial charge in [0.25, 0.3) is 0 Å². The highest BCUT2D eigenvalue weighted by atomic mass is 16.2. The first-order valence-corrected chi connectivity index (χ1v) is 9.50. The molecule has 1 amide bonds. The van der Waals surface area contributed by atoms with Crippen LogP contribution in [0, 0.1) is 13.8 Å². The average Bonchev–Trinajstić information content (AvgIpc) is 2.67. The summed E-state index contributed by atoms with van der Waals surface area (Å²) < 4.78 is 0. The lowest BCUT2D eigenvalue weighted by atomic mass is 10.1. The predicted molar refractivity (Wildman–Crippen MR) is 105 cm³/mol. The normalized spacial score (nSPS) is 14.6. The van der Waals surface area contributed by atoms with Gasteiger partial charge in [-0.25, -0.2) is 9.97 Å². The van der Waals surface area contributed by atoms with E-state index < -0.39 is 0 Å². The maximum atomic E-state index is 11.9. The zero-order chi connectivity index (χ0) is 18.7. The highest BCUT2D eigenvalue weighted by Crippen LogP contribution is 2.26. The molecule has 2 aromatic rings. The molecule has 1 aromatic carbocycles. The number of carbonyl (C=O) groups is 1. The molecule has 0 atom stereocenters. The number of aromatic nitrogens is 2. The summed E-state index contributed by atoms with van der Waals surface area (Å²) in [6.07, 6.45) is 1.48. The first kappa shape index (κ1) is 18.4. The van der Waals surface area contributed by atoms with Crippen LogP contribution in [0.4, 0.5) is 5.82 Å². The van der Waals surface area contributed by atoms with E-state index in [2.05, 4.69) is 49.9 Å². The second kappa shape index (κ2) is 7.85. The zero-order valence-corrected chi connectivity index (χ0v) is 16.2. The molecule has 1 aliphatic heterocycles. The van der Waals surface area contributed by atoms with Crippen LogP contribution in [0.15, 0.2) is 24.3 Å². The summed E-state index contributed by atoms with van der Waals surface area (Å²) in [7, 11) is 0. The van der Waals surface area contributed by atoms with Crippen molar-refractivity contribution in [2.75, 3.05) is 31.1 Å². The van der Waals surface area contributed by atoms with Crippen LogP contribution in [0.3, 0.4) is 0 Å². The van der Waals surface area contributed by atoms with Gasteiger partial charge in [0.2, 0.25) is 5.91 Å². The molecule has 1 aliphatic rings. The van der Waals surface area contributed by atoms with E-state index in [1.807, 2.05) is 11.8 Å². The van der Waals surface area contributed by atoms with Crippen molar-refractivity contribution in [3.05, 3.63) is 41.1 Å². The molecule has 3 rings (SSSR count). The number of carbonyl (C=O) groups excluding carboxylic acids is 1. The van der Waals surface area contributed by atoms with Gasteiger partial charge in [0.05, 0.1) is 0 Å². The Kier molecular flexibility index (Phi) is 5.55. The Bertz CT molecular complexity index is 777. The summed E-state index contributed by atoms with van der Waals surface area (Å²) >= 11 is 0. The number of rotatable bonds is 4. The van der Waals surface area contributed by atoms with Gasteiger partial charge < -0.3 is 9.80 Å². The van der Waals surface area contributed by atoms with Gasteiger partial charge in [-0.2, -0.15) is 0 Å². The molecule has 26 heavy (non-hydrogen) atoms. The van der Waals surface area contributed by atoms with Gasteiger partial charge in [-0.3, -0.25) is 4.79 Å². The van der Waals surface area contributed by atoms with Crippen molar-refractivity contribution >= 4 is 11.7 Å². The topological polar surface area (TPSA) is 49.3 Å². The van der Waals surface area contributed by atoms with Crippen molar-refractivity contribution < 1.29 is 4.79 Å². The van der Waals surface area contributed by atoms with Crippen LogP contribution in [-0.4, -0.2) is 47.0 Å². The van der Waals surface area contributed by atoms with Crippen LogP contribution in [0.25, 0.3) is 11.4 Å². The third kappa shape index (κ3) is 3.71. The summed E-state index contributed by atoms with van der Waals surface area (Å²) in [5.74, 6) is 2.04. The van der Waals surface area contributed by atoms with Gasteiger partial charge in [0, 0.05) is 49.4 Å².